The molecule has 30 heavy (non-hydrogen) atoms. The van der Waals surface area contributed by atoms with Gasteiger partial charge in [0, 0.05) is 13.0 Å². The molecule has 1 heterocycles. The smallest absolute Gasteiger partial charge is 0.303 e. The van der Waals surface area contributed by atoms with Gasteiger partial charge in [-0.1, -0.05) is 50.1 Å². The molecule has 0 aliphatic carbocycles. The number of unbranched alkanes of at least 4 members (excludes halogenated alkanes) is 2. The fraction of sp³-hybridized carbons (Fsp3) is 0.417. The fourth-order valence-electron chi connectivity index (χ4n) is 3.57. The van der Waals surface area contributed by atoms with Crippen LogP contribution >= 0.6 is 11.8 Å². The number of ether oxygens (including phenoxy) is 1. The van der Waals surface area contributed by atoms with Gasteiger partial charge in [-0.05, 0) is 49.1 Å². The molecule has 2 unspecified atom stereocenters. The highest BCUT2D eigenvalue weighted by Gasteiger charge is 2.40. The van der Waals surface area contributed by atoms with Crippen molar-refractivity contribution in [1.82, 2.24) is 4.90 Å². The Kier molecular flexibility index (Phi) is 8.20. The summed E-state index contributed by atoms with van der Waals surface area (Å²) >= 11 is 1.70. The van der Waals surface area contributed by atoms with E-state index < -0.39 is 5.97 Å². The van der Waals surface area contributed by atoms with E-state index in [0.29, 0.717) is 19.4 Å². The Morgan fingerprint density at radius 1 is 1.07 bits per heavy atom. The Hall–Kier alpha value is -2.47. The predicted molar refractivity (Wildman–Crippen MR) is 120 cm³/mol. The molecule has 5 nitrogen and oxygen atoms in total. The second-order valence-corrected chi connectivity index (χ2v) is 8.78. The van der Waals surface area contributed by atoms with Crippen LogP contribution in [0.2, 0.25) is 0 Å². The molecular weight excluding hydrogens is 398 g/mol. The summed E-state index contributed by atoms with van der Waals surface area (Å²) in [5, 5.41) is 8.78. The first-order valence-electron chi connectivity index (χ1n) is 10.6. The van der Waals surface area contributed by atoms with Crippen LogP contribution in [0.1, 0.15) is 56.4 Å². The van der Waals surface area contributed by atoms with Crippen molar-refractivity contribution in [3.63, 3.8) is 0 Å². The number of carboxylic acids is 1. The second kappa shape index (κ2) is 11.1. The highest BCUT2D eigenvalue weighted by atomic mass is 32.2. The van der Waals surface area contributed by atoms with Crippen molar-refractivity contribution in [3.05, 3.63) is 60.2 Å². The quantitative estimate of drug-likeness (QED) is 0.455. The Morgan fingerprint density at radius 2 is 1.83 bits per heavy atom. The minimum absolute atomic E-state index is 0.0341. The van der Waals surface area contributed by atoms with E-state index >= 15 is 0 Å². The van der Waals surface area contributed by atoms with Gasteiger partial charge in [0.1, 0.15) is 16.9 Å². The van der Waals surface area contributed by atoms with E-state index in [9.17, 15) is 9.59 Å². The van der Waals surface area contributed by atoms with Gasteiger partial charge in [-0.15, -0.1) is 11.8 Å². The number of carbonyl (C=O) groups is 2. The molecule has 0 saturated carbocycles. The van der Waals surface area contributed by atoms with Crippen LogP contribution in [0.4, 0.5) is 0 Å². The van der Waals surface area contributed by atoms with Crippen molar-refractivity contribution in [2.75, 3.05) is 6.54 Å². The average molecular weight is 428 g/mol. The number of nitrogens with zero attached hydrogens (tertiary/aromatic N) is 1. The maximum atomic E-state index is 13.1. The van der Waals surface area contributed by atoms with E-state index in [0.717, 1.165) is 36.3 Å². The van der Waals surface area contributed by atoms with E-state index in [1.54, 1.807) is 11.8 Å². The number of amides is 1. The van der Waals surface area contributed by atoms with Crippen molar-refractivity contribution in [1.29, 1.82) is 0 Å². The molecule has 3 rings (SSSR count). The number of carbonyl (C=O) groups excluding carboxylic acids is 1. The Bertz CT molecular complexity index is 842. The van der Waals surface area contributed by atoms with Gasteiger partial charge in [0.05, 0.1) is 5.25 Å². The van der Waals surface area contributed by atoms with E-state index in [1.807, 2.05) is 59.5 Å². The molecule has 2 aromatic carbocycles. The molecule has 1 saturated heterocycles. The van der Waals surface area contributed by atoms with Gasteiger partial charge in [-0.3, -0.25) is 9.59 Å². The average Bonchev–Trinajstić information content (AvgIpc) is 3.06. The molecular formula is C24H29NO4S. The van der Waals surface area contributed by atoms with Gasteiger partial charge >= 0.3 is 5.97 Å². The third-order valence-corrected chi connectivity index (χ3v) is 6.67. The van der Waals surface area contributed by atoms with E-state index in [4.69, 9.17) is 9.84 Å². The summed E-state index contributed by atoms with van der Waals surface area (Å²) in [5.41, 5.74) is 1.04. The number of hydrogen-bond acceptors (Lipinski definition) is 4. The minimum atomic E-state index is -0.791. The zero-order valence-corrected chi connectivity index (χ0v) is 18.1. The normalized spacial score (nSPS) is 18.6. The lowest BCUT2D eigenvalue weighted by molar-refractivity contribution is -0.137. The lowest BCUT2D eigenvalue weighted by Gasteiger charge is -2.24. The van der Waals surface area contributed by atoms with Gasteiger partial charge in [0.25, 0.3) is 0 Å². The zero-order chi connectivity index (χ0) is 21.3. The summed E-state index contributed by atoms with van der Waals surface area (Å²) in [7, 11) is 0. The number of rotatable bonds is 11. The third kappa shape index (κ3) is 6.02. The Morgan fingerprint density at radius 3 is 2.57 bits per heavy atom. The standard InChI is InChI=1S/C24H29NO4S/c1-2-3-14-21-23(28)25(16-8-7-15-22(26)27)24(30-21)18-10-9-13-20(17-18)29-19-11-5-4-6-12-19/h4-6,9-13,17,21,24H,2-3,7-8,14-16H2,1H3,(H,26,27). The predicted octanol–water partition coefficient (Wildman–Crippen LogP) is 5.87. The minimum Gasteiger partial charge on any atom is -0.481 e. The van der Waals surface area contributed by atoms with Crippen LogP contribution in [0.3, 0.4) is 0 Å². The molecule has 2 aromatic rings. The molecule has 0 bridgehead atoms. The van der Waals surface area contributed by atoms with Gasteiger partial charge in [0.15, 0.2) is 0 Å². The van der Waals surface area contributed by atoms with Crippen molar-refractivity contribution in [2.24, 2.45) is 0 Å². The number of para-hydroxylation sites is 1. The van der Waals surface area contributed by atoms with E-state index in [2.05, 4.69) is 6.92 Å². The third-order valence-electron chi connectivity index (χ3n) is 5.12. The first-order chi connectivity index (χ1) is 14.6. The zero-order valence-electron chi connectivity index (χ0n) is 17.3. The van der Waals surface area contributed by atoms with Crippen LogP contribution in [-0.4, -0.2) is 33.7 Å². The highest BCUT2D eigenvalue weighted by Crippen LogP contribution is 2.45. The molecule has 1 amide bonds. The summed E-state index contributed by atoms with van der Waals surface area (Å²) < 4.78 is 5.98. The summed E-state index contributed by atoms with van der Waals surface area (Å²) in [6.45, 7) is 2.71. The lowest BCUT2D eigenvalue weighted by atomic mass is 10.1. The van der Waals surface area contributed by atoms with E-state index in [-0.39, 0.29) is 23.0 Å². The number of aliphatic carboxylic acids is 1. The number of benzene rings is 2. The molecule has 1 N–H and O–H groups in total. The second-order valence-electron chi connectivity index (χ2n) is 7.49. The molecule has 1 aliphatic rings. The van der Waals surface area contributed by atoms with Gasteiger partial charge < -0.3 is 14.7 Å². The van der Waals surface area contributed by atoms with Crippen LogP contribution in [0.15, 0.2) is 54.6 Å². The van der Waals surface area contributed by atoms with Crippen molar-refractivity contribution in [3.8, 4) is 11.5 Å². The molecule has 6 heteroatoms. The monoisotopic (exact) mass is 427 g/mol. The Labute approximate surface area is 182 Å². The summed E-state index contributed by atoms with van der Waals surface area (Å²) in [6, 6.07) is 17.6. The lowest BCUT2D eigenvalue weighted by Crippen LogP contribution is -2.32. The maximum absolute atomic E-state index is 13.1. The van der Waals surface area contributed by atoms with Crippen LogP contribution in [-0.2, 0) is 9.59 Å². The molecule has 0 radical (unpaired) electrons. The molecule has 160 valence electrons. The summed E-state index contributed by atoms with van der Waals surface area (Å²) in [5.74, 6) is 0.897. The number of hydrogen-bond donors (Lipinski definition) is 1. The van der Waals surface area contributed by atoms with Crippen LogP contribution in [0.5, 0.6) is 11.5 Å². The van der Waals surface area contributed by atoms with E-state index in [1.165, 1.54) is 0 Å². The van der Waals surface area contributed by atoms with Gasteiger partial charge in [-0.25, -0.2) is 0 Å². The summed E-state index contributed by atoms with van der Waals surface area (Å²) in [4.78, 5) is 25.8. The topological polar surface area (TPSA) is 66.8 Å². The van der Waals surface area contributed by atoms with Crippen molar-refractivity contribution in [2.45, 2.75) is 56.1 Å². The first-order valence-corrected chi connectivity index (χ1v) is 11.5. The largest absolute Gasteiger partial charge is 0.481 e. The van der Waals surface area contributed by atoms with Gasteiger partial charge in [0.2, 0.25) is 5.91 Å². The number of carboxylic acid groups (broad SMARTS) is 1. The fourth-order valence-corrected chi connectivity index (χ4v) is 5.10. The SMILES string of the molecule is CCCCC1SC(c2cccc(Oc3ccccc3)c2)N(CCCCC(=O)O)C1=O. The molecule has 2 atom stereocenters. The maximum Gasteiger partial charge on any atom is 0.303 e. The van der Waals surface area contributed by atoms with Gasteiger partial charge in [-0.2, -0.15) is 0 Å². The van der Waals surface area contributed by atoms with Crippen molar-refractivity contribution < 1.29 is 19.4 Å². The highest BCUT2D eigenvalue weighted by molar-refractivity contribution is 8.01. The Balaban J connectivity index is 1.75. The molecule has 1 aliphatic heterocycles. The number of thioether (sulfide) groups is 1. The molecule has 1 fully saturated rings. The molecule has 0 spiro atoms. The van der Waals surface area contributed by atoms with Crippen molar-refractivity contribution >= 4 is 23.6 Å². The molecule has 0 aromatic heterocycles. The van der Waals surface area contributed by atoms with Crippen LogP contribution < -0.4 is 4.74 Å². The first kappa shape index (κ1) is 22.2. The van der Waals surface area contributed by atoms with Crippen LogP contribution in [0, 0.1) is 0 Å². The summed E-state index contributed by atoms with van der Waals surface area (Å²) in [6.07, 6.45) is 4.37. The van der Waals surface area contributed by atoms with Crippen LogP contribution in [0.25, 0.3) is 0 Å².